The van der Waals surface area contributed by atoms with Crippen LogP contribution in [0.2, 0.25) is 5.02 Å². The molecule has 7 rings (SSSR count). The lowest BCUT2D eigenvalue weighted by molar-refractivity contribution is -0.143. The molecule has 0 aromatic heterocycles. The fourth-order valence-corrected chi connectivity index (χ4v) is 9.02. The predicted octanol–water partition coefficient (Wildman–Crippen LogP) is 8.25. The van der Waals surface area contributed by atoms with E-state index in [0.717, 1.165) is 36.6 Å². The van der Waals surface area contributed by atoms with Gasteiger partial charge in [0.2, 0.25) is 15.9 Å². The molecule has 2 saturated heterocycles. The average molecular weight is 780 g/mol. The minimum absolute atomic E-state index is 0.0911. The standard InChI is InChI=1S/C41H44ClF2N3O6S/c1-40(2,3)53-39(49)47-24-30-22-46(23-31(30)25-47)38(48)37(41(43,44)32-14-8-26(9-15-32)27-10-16-33(42)17-11-27)45-54(50,51)36-19-13-28-20-35(18-12-29(28)21-36)52-34-6-4-5-7-34/h8-21,30-31,34,37,45H,4-7,22-25H2,1-3H3/t30-,31+,37?. The van der Waals surface area contributed by atoms with Crippen molar-refractivity contribution in [2.45, 2.75) is 75.0 Å². The van der Waals surface area contributed by atoms with E-state index >= 15 is 8.78 Å². The van der Waals surface area contributed by atoms with Crippen LogP contribution < -0.4 is 9.46 Å². The van der Waals surface area contributed by atoms with Crippen molar-refractivity contribution in [3.8, 4) is 16.9 Å². The molecule has 1 aliphatic carbocycles. The number of carbonyl (C=O) groups excluding carboxylic acids is 2. The first-order chi connectivity index (χ1) is 25.6. The van der Waals surface area contributed by atoms with Gasteiger partial charge in [-0.15, -0.1) is 0 Å². The topological polar surface area (TPSA) is 105 Å². The summed E-state index contributed by atoms with van der Waals surface area (Å²) >= 11 is 6.02. The molecule has 3 atom stereocenters. The van der Waals surface area contributed by atoms with Crippen LogP contribution in [-0.4, -0.2) is 74.1 Å². The molecule has 13 heteroatoms. The van der Waals surface area contributed by atoms with Gasteiger partial charge in [-0.25, -0.2) is 13.2 Å². The number of halogens is 3. The summed E-state index contributed by atoms with van der Waals surface area (Å²) in [4.78, 5) is 29.5. The number of hydrogen-bond acceptors (Lipinski definition) is 6. The molecule has 1 saturated carbocycles. The second-order valence-corrected chi connectivity index (χ2v) is 17.8. The van der Waals surface area contributed by atoms with Crippen molar-refractivity contribution >= 4 is 44.4 Å². The summed E-state index contributed by atoms with van der Waals surface area (Å²) in [6.45, 7) is 6.10. The molecule has 1 N–H and O–H groups in total. The molecule has 0 bridgehead atoms. The minimum atomic E-state index is -4.65. The van der Waals surface area contributed by atoms with Gasteiger partial charge in [0.15, 0.2) is 6.04 Å². The SMILES string of the molecule is CC(C)(C)OC(=O)N1C[C@@H]2CN(C(=O)C(NS(=O)(=O)c3ccc4cc(OC5CCCC5)ccc4c3)C(F)(F)c3ccc(-c4ccc(Cl)cc4)cc3)C[C@@H]2C1. The minimum Gasteiger partial charge on any atom is -0.490 e. The number of fused-ring (bicyclic) bond motifs is 2. The Kier molecular flexibility index (Phi) is 10.4. The van der Waals surface area contributed by atoms with Gasteiger partial charge in [-0.3, -0.25) is 4.79 Å². The summed E-state index contributed by atoms with van der Waals surface area (Å²) in [5.74, 6) is -4.66. The van der Waals surface area contributed by atoms with E-state index in [4.69, 9.17) is 21.1 Å². The Bertz CT molecular complexity index is 2120. The van der Waals surface area contributed by atoms with Crippen LogP contribution in [0, 0.1) is 11.8 Å². The molecule has 54 heavy (non-hydrogen) atoms. The maximum Gasteiger partial charge on any atom is 0.410 e. The summed E-state index contributed by atoms with van der Waals surface area (Å²) in [6, 6.07) is 19.6. The summed E-state index contributed by atoms with van der Waals surface area (Å²) < 4.78 is 75.2. The highest BCUT2D eigenvalue weighted by Crippen LogP contribution is 2.38. The van der Waals surface area contributed by atoms with Gasteiger partial charge in [-0.2, -0.15) is 13.5 Å². The zero-order chi connectivity index (χ0) is 38.4. The van der Waals surface area contributed by atoms with E-state index in [2.05, 4.69) is 4.72 Å². The smallest absolute Gasteiger partial charge is 0.410 e. The first kappa shape index (κ1) is 38.0. The number of ether oxygens (including phenoxy) is 2. The molecule has 2 heterocycles. The molecule has 286 valence electrons. The van der Waals surface area contributed by atoms with E-state index in [9.17, 15) is 18.0 Å². The molecule has 1 unspecified atom stereocenters. The number of alkyl halides is 2. The molecule has 0 spiro atoms. The Balaban J connectivity index is 1.15. The highest BCUT2D eigenvalue weighted by Gasteiger charge is 2.52. The predicted molar refractivity (Wildman–Crippen MR) is 203 cm³/mol. The number of nitrogens with one attached hydrogen (secondary N) is 1. The van der Waals surface area contributed by atoms with Crippen molar-refractivity contribution < 1.29 is 36.3 Å². The molecular formula is C41H44ClF2N3O6S. The third kappa shape index (κ3) is 8.21. The number of benzene rings is 4. The monoisotopic (exact) mass is 779 g/mol. The van der Waals surface area contributed by atoms with Crippen LogP contribution in [-0.2, 0) is 25.5 Å². The lowest BCUT2D eigenvalue weighted by Crippen LogP contribution is -2.56. The van der Waals surface area contributed by atoms with E-state index in [-0.39, 0.29) is 35.9 Å². The van der Waals surface area contributed by atoms with Crippen LogP contribution in [0.4, 0.5) is 13.6 Å². The van der Waals surface area contributed by atoms with Crippen molar-refractivity contribution in [2.75, 3.05) is 26.2 Å². The van der Waals surface area contributed by atoms with Crippen molar-refractivity contribution in [3.05, 3.63) is 95.5 Å². The molecule has 2 amide bonds. The highest BCUT2D eigenvalue weighted by molar-refractivity contribution is 7.89. The van der Waals surface area contributed by atoms with Crippen LogP contribution in [0.25, 0.3) is 21.9 Å². The van der Waals surface area contributed by atoms with E-state index in [1.807, 2.05) is 6.07 Å². The number of nitrogens with zero attached hydrogens (tertiary/aromatic N) is 2. The van der Waals surface area contributed by atoms with Crippen LogP contribution >= 0.6 is 11.6 Å². The fraction of sp³-hybridized carbons (Fsp3) is 0.415. The summed E-state index contributed by atoms with van der Waals surface area (Å²) in [7, 11) is -4.65. The van der Waals surface area contributed by atoms with Crippen molar-refractivity contribution in [1.82, 2.24) is 14.5 Å². The summed E-state index contributed by atoms with van der Waals surface area (Å²) in [6.07, 6.45) is 3.89. The first-order valence-corrected chi connectivity index (χ1v) is 20.2. The molecule has 2 aliphatic heterocycles. The maximum atomic E-state index is 16.8. The zero-order valence-corrected chi connectivity index (χ0v) is 32.0. The third-order valence-electron chi connectivity index (χ3n) is 10.5. The van der Waals surface area contributed by atoms with Crippen LogP contribution in [0.3, 0.4) is 0 Å². The van der Waals surface area contributed by atoms with Gasteiger partial charge in [-0.1, -0.05) is 60.1 Å². The van der Waals surface area contributed by atoms with Gasteiger partial charge in [0.1, 0.15) is 11.4 Å². The van der Waals surface area contributed by atoms with E-state index in [1.54, 1.807) is 68.1 Å². The van der Waals surface area contributed by atoms with Crippen LogP contribution in [0.5, 0.6) is 5.75 Å². The first-order valence-electron chi connectivity index (χ1n) is 18.3. The van der Waals surface area contributed by atoms with Gasteiger partial charge in [0.05, 0.1) is 11.0 Å². The van der Waals surface area contributed by atoms with Crippen LogP contribution in [0.1, 0.15) is 52.0 Å². The normalized spacial score (nSPS) is 20.0. The molecular weight excluding hydrogens is 736 g/mol. The Hall–Kier alpha value is -4.26. The lowest BCUT2D eigenvalue weighted by atomic mass is 9.97. The lowest BCUT2D eigenvalue weighted by Gasteiger charge is -2.31. The number of likely N-dealkylation sites (tertiary alicyclic amines) is 2. The Morgan fingerprint density at radius 1 is 0.796 bits per heavy atom. The molecule has 4 aromatic carbocycles. The van der Waals surface area contributed by atoms with Gasteiger partial charge >= 0.3 is 6.09 Å². The molecule has 3 fully saturated rings. The van der Waals surface area contributed by atoms with E-state index in [1.165, 1.54) is 41.3 Å². The molecule has 0 radical (unpaired) electrons. The van der Waals surface area contributed by atoms with E-state index < -0.39 is 45.2 Å². The number of carbonyl (C=O) groups is 2. The summed E-state index contributed by atoms with van der Waals surface area (Å²) in [5, 5.41) is 1.84. The number of sulfonamides is 1. The van der Waals surface area contributed by atoms with E-state index in [0.29, 0.717) is 34.8 Å². The third-order valence-corrected chi connectivity index (χ3v) is 12.2. The second kappa shape index (κ2) is 14.8. The average Bonchev–Trinajstić information content (AvgIpc) is 3.88. The number of amides is 2. The Morgan fingerprint density at radius 2 is 1.35 bits per heavy atom. The van der Waals surface area contributed by atoms with Crippen molar-refractivity contribution in [3.63, 3.8) is 0 Å². The fourth-order valence-electron chi connectivity index (χ4n) is 7.67. The quantitative estimate of drug-likeness (QED) is 0.184. The van der Waals surface area contributed by atoms with Gasteiger partial charge in [-0.05, 0) is 105 Å². The van der Waals surface area contributed by atoms with Crippen molar-refractivity contribution in [2.24, 2.45) is 11.8 Å². The Morgan fingerprint density at radius 3 is 1.96 bits per heavy atom. The van der Waals surface area contributed by atoms with Gasteiger partial charge in [0.25, 0.3) is 5.92 Å². The summed E-state index contributed by atoms with van der Waals surface area (Å²) in [5.41, 5.74) is 0.187. The largest absolute Gasteiger partial charge is 0.490 e. The zero-order valence-electron chi connectivity index (χ0n) is 30.4. The number of rotatable bonds is 9. The van der Waals surface area contributed by atoms with Crippen molar-refractivity contribution in [1.29, 1.82) is 0 Å². The maximum absolute atomic E-state index is 16.8. The number of hydrogen-bond donors (Lipinski definition) is 1. The van der Waals surface area contributed by atoms with Crippen LogP contribution in [0.15, 0.2) is 89.8 Å². The van der Waals surface area contributed by atoms with Gasteiger partial charge < -0.3 is 19.3 Å². The molecule has 3 aliphatic rings. The second-order valence-electron chi connectivity index (χ2n) is 15.6. The molecule has 4 aromatic rings. The Labute approximate surface area is 319 Å². The molecule has 9 nitrogen and oxygen atoms in total. The van der Waals surface area contributed by atoms with Gasteiger partial charge in [0, 0.05) is 48.6 Å². The highest BCUT2D eigenvalue weighted by atomic mass is 35.5.